The first kappa shape index (κ1) is 24.1. The number of esters is 2. The van der Waals surface area contributed by atoms with Gasteiger partial charge in [0.15, 0.2) is 0 Å². The fraction of sp³-hybridized carbons (Fsp3) is 0.286. The zero-order chi connectivity index (χ0) is 24.4. The summed E-state index contributed by atoms with van der Waals surface area (Å²) >= 11 is 0. The van der Waals surface area contributed by atoms with E-state index in [0.29, 0.717) is 11.5 Å². The van der Waals surface area contributed by atoms with Crippen LogP contribution in [0.25, 0.3) is 0 Å². The third-order valence-corrected chi connectivity index (χ3v) is 5.25. The molecule has 0 saturated heterocycles. The first-order valence-electron chi connectivity index (χ1n) is 10.8. The fourth-order valence-electron chi connectivity index (χ4n) is 3.22. The zero-order valence-corrected chi connectivity index (χ0v) is 19.9. The van der Waals surface area contributed by atoms with Crippen LogP contribution in [-0.4, -0.2) is 17.0 Å². The van der Waals surface area contributed by atoms with E-state index in [0.717, 1.165) is 11.1 Å². The molecule has 3 aromatic rings. The first-order valence-corrected chi connectivity index (χ1v) is 10.8. The lowest BCUT2D eigenvalue weighted by Crippen LogP contribution is -2.14. The summed E-state index contributed by atoms with van der Waals surface area (Å²) < 4.78 is 10.8. The van der Waals surface area contributed by atoms with Gasteiger partial charge in [-0.3, -0.25) is 0 Å². The molecule has 0 spiro atoms. The lowest BCUT2D eigenvalue weighted by molar-refractivity contribution is 0.0734. The molecule has 5 heteroatoms. The van der Waals surface area contributed by atoms with Crippen molar-refractivity contribution in [2.75, 3.05) is 0 Å². The highest BCUT2D eigenvalue weighted by atomic mass is 16.5. The minimum absolute atomic E-state index is 0.0178. The second-order valence-electron chi connectivity index (χ2n) is 10.1. The molecular formula is C28H30O5. The molecular weight excluding hydrogens is 416 g/mol. The van der Waals surface area contributed by atoms with Crippen molar-refractivity contribution in [3.63, 3.8) is 0 Å². The number of hydrogen-bond donors (Lipinski definition) is 1. The molecule has 0 amide bonds. The van der Waals surface area contributed by atoms with Gasteiger partial charge in [0.1, 0.15) is 17.2 Å². The maximum Gasteiger partial charge on any atom is 0.343 e. The summed E-state index contributed by atoms with van der Waals surface area (Å²) in [4.78, 5) is 25.3. The Morgan fingerprint density at radius 1 is 0.606 bits per heavy atom. The van der Waals surface area contributed by atoms with E-state index in [1.54, 1.807) is 24.3 Å². The number of phenolic OH excluding ortho intramolecular Hbond substituents is 1. The summed E-state index contributed by atoms with van der Waals surface area (Å²) in [5.41, 5.74) is 2.28. The van der Waals surface area contributed by atoms with Crippen LogP contribution in [0.4, 0.5) is 0 Å². The number of phenols is 1. The van der Waals surface area contributed by atoms with Crippen molar-refractivity contribution in [2.45, 2.75) is 52.4 Å². The molecule has 0 aliphatic heterocycles. The molecule has 0 radical (unpaired) electrons. The molecule has 0 aliphatic rings. The minimum Gasteiger partial charge on any atom is -0.508 e. The van der Waals surface area contributed by atoms with E-state index in [-0.39, 0.29) is 27.7 Å². The van der Waals surface area contributed by atoms with Crippen LogP contribution in [0.1, 0.15) is 73.4 Å². The van der Waals surface area contributed by atoms with Crippen LogP contribution in [-0.2, 0) is 10.8 Å². The van der Waals surface area contributed by atoms with Gasteiger partial charge in [-0.05, 0) is 64.4 Å². The monoisotopic (exact) mass is 446 g/mol. The largest absolute Gasteiger partial charge is 0.508 e. The Bertz CT molecular complexity index is 1060. The zero-order valence-electron chi connectivity index (χ0n) is 19.9. The lowest BCUT2D eigenvalue weighted by Gasteiger charge is -2.19. The van der Waals surface area contributed by atoms with E-state index < -0.39 is 11.9 Å². The summed E-state index contributed by atoms with van der Waals surface area (Å²) in [6.45, 7) is 12.6. The van der Waals surface area contributed by atoms with Crippen LogP contribution in [0.2, 0.25) is 0 Å². The standard InChI is InChI=1S/C28H30O5/c1-27(2,3)20-7-11-23(12-8-20)32-25(30)18-15-19(17-22(29)16-18)26(31)33-24-13-9-21(10-14-24)28(4,5)6/h7-17,29H,1-6H3. The van der Waals surface area contributed by atoms with Crippen molar-refractivity contribution < 1.29 is 24.2 Å². The highest BCUT2D eigenvalue weighted by Crippen LogP contribution is 2.27. The number of hydrogen-bond acceptors (Lipinski definition) is 5. The molecule has 5 nitrogen and oxygen atoms in total. The SMILES string of the molecule is CC(C)(C)c1ccc(OC(=O)c2cc(O)cc(C(=O)Oc3ccc(C(C)(C)C)cc3)c2)cc1. The molecule has 1 N–H and O–H groups in total. The van der Waals surface area contributed by atoms with E-state index >= 15 is 0 Å². The smallest absolute Gasteiger partial charge is 0.343 e. The van der Waals surface area contributed by atoms with E-state index in [1.165, 1.54) is 18.2 Å². The lowest BCUT2D eigenvalue weighted by atomic mass is 9.87. The van der Waals surface area contributed by atoms with Gasteiger partial charge in [0.05, 0.1) is 11.1 Å². The van der Waals surface area contributed by atoms with Gasteiger partial charge in [-0.15, -0.1) is 0 Å². The van der Waals surface area contributed by atoms with Crippen molar-refractivity contribution in [1.29, 1.82) is 0 Å². The van der Waals surface area contributed by atoms with Gasteiger partial charge in [0.2, 0.25) is 0 Å². The molecule has 0 fully saturated rings. The minimum atomic E-state index is -0.682. The van der Waals surface area contributed by atoms with Crippen LogP contribution in [0.5, 0.6) is 17.2 Å². The number of carbonyl (C=O) groups is 2. The second kappa shape index (κ2) is 9.10. The molecule has 0 saturated carbocycles. The van der Waals surface area contributed by atoms with Gasteiger partial charge >= 0.3 is 11.9 Å². The number of carbonyl (C=O) groups excluding carboxylic acids is 2. The first-order chi connectivity index (χ1) is 15.3. The van der Waals surface area contributed by atoms with Crippen LogP contribution in [0.15, 0.2) is 66.7 Å². The van der Waals surface area contributed by atoms with Crippen LogP contribution in [0, 0.1) is 0 Å². The van der Waals surface area contributed by atoms with E-state index in [2.05, 4.69) is 41.5 Å². The highest BCUT2D eigenvalue weighted by molar-refractivity contribution is 5.97. The Kier molecular flexibility index (Phi) is 6.63. The molecule has 172 valence electrons. The molecule has 3 rings (SSSR count). The van der Waals surface area contributed by atoms with Gasteiger partial charge in [0.25, 0.3) is 0 Å². The molecule has 0 aromatic heterocycles. The Labute approximate surface area is 195 Å². The molecule has 0 heterocycles. The van der Waals surface area contributed by atoms with Crippen LogP contribution in [0.3, 0.4) is 0 Å². The van der Waals surface area contributed by atoms with E-state index in [9.17, 15) is 14.7 Å². The van der Waals surface area contributed by atoms with Crippen LogP contribution >= 0.6 is 0 Å². The molecule has 0 aliphatic carbocycles. The molecule has 3 aromatic carbocycles. The quantitative estimate of drug-likeness (QED) is 0.369. The van der Waals surface area contributed by atoms with Crippen molar-refractivity contribution >= 4 is 11.9 Å². The van der Waals surface area contributed by atoms with Gasteiger partial charge in [0, 0.05) is 0 Å². The van der Waals surface area contributed by atoms with Crippen molar-refractivity contribution in [1.82, 2.24) is 0 Å². The molecule has 0 unspecified atom stereocenters. The second-order valence-corrected chi connectivity index (χ2v) is 10.1. The number of aromatic hydroxyl groups is 1. The summed E-state index contributed by atoms with van der Waals surface area (Å²) in [6, 6.07) is 18.3. The summed E-state index contributed by atoms with van der Waals surface area (Å²) in [5.74, 6) is -0.850. The molecule has 0 atom stereocenters. The van der Waals surface area contributed by atoms with E-state index in [4.69, 9.17) is 9.47 Å². The van der Waals surface area contributed by atoms with E-state index in [1.807, 2.05) is 24.3 Å². The normalized spacial score (nSPS) is 11.7. The Hall–Kier alpha value is -3.60. The summed E-state index contributed by atoms with van der Waals surface area (Å²) in [7, 11) is 0. The maximum atomic E-state index is 12.6. The average molecular weight is 447 g/mol. The van der Waals surface area contributed by atoms with Gasteiger partial charge in [-0.1, -0.05) is 65.8 Å². The number of benzene rings is 3. The Morgan fingerprint density at radius 3 is 1.24 bits per heavy atom. The van der Waals surface area contributed by atoms with Gasteiger partial charge < -0.3 is 14.6 Å². The number of rotatable bonds is 4. The van der Waals surface area contributed by atoms with Crippen molar-refractivity contribution in [3.05, 3.63) is 89.0 Å². The van der Waals surface area contributed by atoms with Crippen molar-refractivity contribution in [2.24, 2.45) is 0 Å². The molecule has 0 bridgehead atoms. The van der Waals surface area contributed by atoms with Crippen LogP contribution < -0.4 is 9.47 Å². The Morgan fingerprint density at radius 2 is 0.939 bits per heavy atom. The molecule has 33 heavy (non-hydrogen) atoms. The highest BCUT2D eigenvalue weighted by Gasteiger charge is 2.18. The van der Waals surface area contributed by atoms with Crippen molar-refractivity contribution in [3.8, 4) is 17.2 Å². The predicted octanol–water partition coefficient (Wildman–Crippen LogP) is 6.43. The third-order valence-electron chi connectivity index (χ3n) is 5.25. The fourth-order valence-corrected chi connectivity index (χ4v) is 3.22. The summed E-state index contributed by atoms with van der Waals surface area (Å²) in [6.07, 6.45) is 0. The van der Waals surface area contributed by atoms with Gasteiger partial charge in [-0.25, -0.2) is 9.59 Å². The predicted molar refractivity (Wildman–Crippen MR) is 128 cm³/mol. The topological polar surface area (TPSA) is 72.8 Å². The third kappa shape index (κ3) is 6.22. The Balaban J connectivity index is 1.74. The summed E-state index contributed by atoms with van der Waals surface area (Å²) in [5, 5.41) is 10.1. The average Bonchev–Trinajstić information content (AvgIpc) is 2.72. The maximum absolute atomic E-state index is 12.6. The number of ether oxygens (including phenoxy) is 2. The van der Waals surface area contributed by atoms with Gasteiger partial charge in [-0.2, -0.15) is 0 Å².